The molecule has 142 valence electrons. The Morgan fingerprint density at radius 3 is 2.85 bits per heavy atom. The Bertz CT molecular complexity index is 1080. The van der Waals surface area contributed by atoms with Crippen LogP contribution in [-0.2, 0) is 10.0 Å². The highest BCUT2D eigenvalue weighted by Gasteiger charge is 2.15. The molecule has 3 aromatic rings. The highest BCUT2D eigenvalue weighted by Crippen LogP contribution is 2.22. The molecule has 0 unspecified atom stereocenters. The third kappa shape index (κ3) is 4.69. The molecule has 2 heterocycles. The summed E-state index contributed by atoms with van der Waals surface area (Å²) in [4.78, 5) is 12.3. The number of halogens is 1. The van der Waals surface area contributed by atoms with Gasteiger partial charge in [0, 0.05) is 24.0 Å². The predicted molar refractivity (Wildman–Crippen MR) is 103 cm³/mol. The molecule has 1 amide bonds. The molecule has 0 radical (unpaired) electrons. The van der Waals surface area contributed by atoms with Crippen LogP contribution in [0.25, 0.3) is 5.52 Å². The van der Waals surface area contributed by atoms with E-state index in [0.717, 1.165) is 5.52 Å². The number of pyridine rings is 1. The number of methoxy groups -OCH3 is 1. The fourth-order valence-corrected chi connectivity index (χ4v) is 3.60. The van der Waals surface area contributed by atoms with Crippen molar-refractivity contribution in [1.29, 1.82) is 0 Å². The van der Waals surface area contributed by atoms with Crippen molar-refractivity contribution < 1.29 is 17.9 Å². The number of anilines is 1. The fraction of sp³-hybridized carbons (Fsp3) is 0.176. The molecule has 1 aromatic carbocycles. The van der Waals surface area contributed by atoms with Gasteiger partial charge < -0.3 is 10.1 Å². The van der Waals surface area contributed by atoms with E-state index < -0.39 is 15.9 Å². The standard InChI is InChI=1S/C17H17ClN4O4S/c1-26-16-3-2-12(18)10-15(16)17(23)19-7-9-27(24,25)21-13-5-8-22-14(11-13)4-6-20-22/h2-6,8,10-11,21H,7,9H2,1H3,(H,19,23). The monoisotopic (exact) mass is 408 g/mol. The number of carbonyl (C=O) groups is 1. The number of sulfonamides is 1. The zero-order valence-corrected chi connectivity index (χ0v) is 15.9. The summed E-state index contributed by atoms with van der Waals surface area (Å²) in [6.45, 7) is -0.0707. The predicted octanol–water partition coefficient (Wildman–Crippen LogP) is 2.17. The molecular weight excluding hydrogens is 392 g/mol. The highest BCUT2D eigenvalue weighted by molar-refractivity contribution is 7.92. The topological polar surface area (TPSA) is 102 Å². The molecule has 8 nitrogen and oxygen atoms in total. The number of nitrogens with one attached hydrogen (secondary N) is 2. The lowest BCUT2D eigenvalue weighted by Gasteiger charge is -2.11. The van der Waals surface area contributed by atoms with Crippen molar-refractivity contribution in [1.82, 2.24) is 14.9 Å². The van der Waals surface area contributed by atoms with Gasteiger partial charge in [-0.3, -0.25) is 9.52 Å². The molecule has 0 saturated heterocycles. The van der Waals surface area contributed by atoms with E-state index in [9.17, 15) is 13.2 Å². The maximum absolute atomic E-state index is 12.3. The van der Waals surface area contributed by atoms with Gasteiger partial charge in [-0.1, -0.05) is 11.6 Å². The molecule has 0 fully saturated rings. The first kappa shape index (κ1) is 19.0. The second-order valence-electron chi connectivity index (χ2n) is 5.64. The van der Waals surface area contributed by atoms with Gasteiger partial charge in [0.2, 0.25) is 10.0 Å². The smallest absolute Gasteiger partial charge is 0.255 e. The molecule has 0 saturated carbocycles. The molecule has 0 aliphatic heterocycles. The van der Waals surface area contributed by atoms with Crippen LogP contribution in [0.15, 0.2) is 48.8 Å². The summed E-state index contributed by atoms with van der Waals surface area (Å²) in [5.74, 6) is -0.399. The first-order valence-corrected chi connectivity index (χ1v) is 9.96. The largest absolute Gasteiger partial charge is 0.496 e. The van der Waals surface area contributed by atoms with Gasteiger partial charge in [0.25, 0.3) is 5.91 Å². The van der Waals surface area contributed by atoms with Crippen LogP contribution in [0.2, 0.25) is 5.02 Å². The molecular formula is C17H17ClN4O4S. The molecule has 0 bridgehead atoms. The molecule has 2 aromatic heterocycles. The molecule has 2 N–H and O–H groups in total. The second kappa shape index (κ2) is 7.85. The summed E-state index contributed by atoms with van der Waals surface area (Å²) in [5.41, 5.74) is 1.42. The van der Waals surface area contributed by atoms with E-state index in [1.54, 1.807) is 47.2 Å². The number of ether oxygens (including phenoxy) is 1. The summed E-state index contributed by atoms with van der Waals surface area (Å²) in [6.07, 6.45) is 3.27. The van der Waals surface area contributed by atoms with Crippen LogP contribution < -0.4 is 14.8 Å². The average Bonchev–Trinajstić information content (AvgIpc) is 3.08. The van der Waals surface area contributed by atoms with E-state index in [-0.39, 0.29) is 17.9 Å². The van der Waals surface area contributed by atoms with E-state index in [1.807, 2.05) is 0 Å². The zero-order chi connectivity index (χ0) is 19.4. The summed E-state index contributed by atoms with van der Waals surface area (Å²) in [6, 6.07) is 9.66. The maximum Gasteiger partial charge on any atom is 0.255 e. The Hall–Kier alpha value is -2.78. The number of fused-ring (bicyclic) bond motifs is 1. The maximum atomic E-state index is 12.3. The number of hydrogen-bond acceptors (Lipinski definition) is 5. The quantitative estimate of drug-likeness (QED) is 0.623. The number of benzene rings is 1. The lowest BCUT2D eigenvalue weighted by Crippen LogP contribution is -2.31. The van der Waals surface area contributed by atoms with E-state index in [2.05, 4.69) is 15.1 Å². The van der Waals surface area contributed by atoms with Crippen molar-refractivity contribution in [2.24, 2.45) is 0 Å². The van der Waals surface area contributed by atoms with Crippen molar-refractivity contribution in [2.75, 3.05) is 24.1 Å². The van der Waals surface area contributed by atoms with Crippen LogP contribution in [0, 0.1) is 0 Å². The molecule has 0 atom stereocenters. The lowest BCUT2D eigenvalue weighted by molar-refractivity contribution is 0.0953. The molecule has 27 heavy (non-hydrogen) atoms. The van der Waals surface area contributed by atoms with Gasteiger partial charge in [0.05, 0.1) is 29.6 Å². The number of carbonyl (C=O) groups excluding carboxylic acids is 1. The SMILES string of the molecule is COc1ccc(Cl)cc1C(=O)NCCS(=O)(=O)Nc1ccn2nccc2c1. The first-order valence-electron chi connectivity index (χ1n) is 7.93. The van der Waals surface area contributed by atoms with Gasteiger partial charge in [-0.05, 0) is 36.4 Å². The van der Waals surface area contributed by atoms with Crippen LogP contribution in [-0.4, -0.2) is 43.3 Å². The Morgan fingerprint density at radius 1 is 1.26 bits per heavy atom. The summed E-state index contributed by atoms with van der Waals surface area (Å²) >= 11 is 5.90. The number of hydrogen-bond donors (Lipinski definition) is 2. The van der Waals surface area contributed by atoms with Crippen LogP contribution in [0.5, 0.6) is 5.75 Å². The number of aromatic nitrogens is 2. The third-order valence-electron chi connectivity index (χ3n) is 3.74. The number of nitrogens with zero attached hydrogens (tertiary/aromatic N) is 2. The van der Waals surface area contributed by atoms with E-state index in [0.29, 0.717) is 16.5 Å². The Labute approximate surface area is 161 Å². The highest BCUT2D eigenvalue weighted by atomic mass is 35.5. The first-order chi connectivity index (χ1) is 12.9. The van der Waals surface area contributed by atoms with Crippen molar-refractivity contribution in [3.05, 3.63) is 59.4 Å². The summed E-state index contributed by atoms with van der Waals surface area (Å²) in [7, 11) is -2.20. The minimum atomic E-state index is -3.64. The minimum absolute atomic E-state index is 0.0707. The van der Waals surface area contributed by atoms with Crippen LogP contribution in [0.4, 0.5) is 5.69 Å². The Kier molecular flexibility index (Phi) is 5.52. The van der Waals surface area contributed by atoms with Crippen molar-refractivity contribution in [2.45, 2.75) is 0 Å². The van der Waals surface area contributed by atoms with E-state index >= 15 is 0 Å². The average molecular weight is 409 g/mol. The van der Waals surface area contributed by atoms with Gasteiger partial charge in [-0.25, -0.2) is 12.9 Å². The third-order valence-corrected chi connectivity index (χ3v) is 5.26. The van der Waals surface area contributed by atoms with Crippen LogP contribution in [0.3, 0.4) is 0 Å². The number of amides is 1. The minimum Gasteiger partial charge on any atom is -0.496 e. The zero-order valence-electron chi connectivity index (χ0n) is 14.3. The van der Waals surface area contributed by atoms with Gasteiger partial charge in [-0.2, -0.15) is 5.10 Å². The van der Waals surface area contributed by atoms with Crippen molar-refractivity contribution >= 4 is 38.7 Å². The van der Waals surface area contributed by atoms with Crippen LogP contribution >= 0.6 is 11.6 Å². The second-order valence-corrected chi connectivity index (χ2v) is 7.92. The van der Waals surface area contributed by atoms with Crippen molar-refractivity contribution in [3.63, 3.8) is 0 Å². The molecule has 10 heteroatoms. The van der Waals surface area contributed by atoms with E-state index in [4.69, 9.17) is 16.3 Å². The van der Waals surface area contributed by atoms with Crippen molar-refractivity contribution in [3.8, 4) is 5.75 Å². The lowest BCUT2D eigenvalue weighted by atomic mass is 10.2. The Balaban J connectivity index is 1.60. The molecule has 0 aliphatic carbocycles. The molecule has 0 spiro atoms. The van der Waals surface area contributed by atoms with Gasteiger partial charge in [-0.15, -0.1) is 0 Å². The van der Waals surface area contributed by atoms with Gasteiger partial charge in [0.15, 0.2) is 0 Å². The molecule has 0 aliphatic rings. The fourth-order valence-electron chi connectivity index (χ4n) is 2.47. The summed E-state index contributed by atoms with van der Waals surface area (Å²) < 4.78 is 33.7. The van der Waals surface area contributed by atoms with Gasteiger partial charge >= 0.3 is 0 Å². The Morgan fingerprint density at radius 2 is 2.07 bits per heavy atom. The van der Waals surface area contributed by atoms with Gasteiger partial charge in [0.1, 0.15) is 5.75 Å². The molecule has 3 rings (SSSR count). The number of rotatable bonds is 7. The van der Waals surface area contributed by atoms with E-state index in [1.165, 1.54) is 13.2 Å². The summed E-state index contributed by atoms with van der Waals surface area (Å²) in [5, 5.41) is 6.98. The van der Waals surface area contributed by atoms with Crippen LogP contribution in [0.1, 0.15) is 10.4 Å². The normalized spacial score (nSPS) is 11.3.